The molecule has 1 atom stereocenters. The third-order valence-corrected chi connectivity index (χ3v) is 2.50. The second-order valence-corrected chi connectivity index (χ2v) is 4.36. The van der Waals surface area contributed by atoms with Crippen LogP contribution in [0.3, 0.4) is 0 Å². The molecular formula is C8H8N2O4S. The molecule has 0 spiro atoms. The summed E-state index contributed by atoms with van der Waals surface area (Å²) in [5, 5.41) is 4.79. The fourth-order valence-electron chi connectivity index (χ4n) is 1.38. The van der Waals surface area contributed by atoms with Gasteiger partial charge in [-0.1, -0.05) is 18.2 Å². The number of ether oxygens (including phenoxy) is 1. The number of rotatable bonds is 2. The lowest BCUT2D eigenvalue weighted by molar-refractivity contribution is 0.0364. The standard InChI is InChI=1S/C8H8N2O4S/c9-15(12,13)10-7-5-3-1-2-4-6(5)8(11)14-7/h1-4,7,10H,(H2,9,12,13)/t7-/m1/s1. The number of hydrogen-bond acceptors (Lipinski definition) is 4. The number of nitrogens with one attached hydrogen (secondary N) is 1. The van der Waals surface area contributed by atoms with Crippen LogP contribution in [0.5, 0.6) is 0 Å². The minimum absolute atomic E-state index is 0.346. The van der Waals surface area contributed by atoms with Crippen molar-refractivity contribution >= 4 is 16.2 Å². The van der Waals surface area contributed by atoms with Crippen LogP contribution in [0.4, 0.5) is 0 Å². The number of esters is 1. The van der Waals surface area contributed by atoms with Crippen LogP contribution >= 0.6 is 0 Å². The first-order valence-electron chi connectivity index (χ1n) is 4.07. The van der Waals surface area contributed by atoms with E-state index in [-0.39, 0.29) is 0 Å². The van der Waals surface area contributed by atoms with E-state index in [1.54, 1.807) is 24.3 Å². The van der Waals surface area contributed by atoms with Gasteiger partial charge in [-0.15, -0.1) is 0 Å². The number of hydrogen-bond donors (Lipinski definition) is 2. The van der Waals surface area contributed by atoms with E-state index in [0.717, 1.165) is 0 Å². The van der Waals surface area contributed by atoms with Gasteiger partial charge in [0.2, 0.25) is 0 Å². The van der Waals surface area contributed by atoms with Crippen LogP contribution in [0.1, 0.15) is 22.1 Å². The molecule has 0 bridgehead atoms. The van der Waals surface area contributed by atoms with Crippen LogP contribution in [0, 0.1) is 0 Å². The summed E-state index contributed by atoms with van der Waals surface area (Å²) in [6.07, 6.45) is -1.02. The zero-order valence-electron chi connectivity index (χ0n) is 7.51. The first-order chi connectivity index (χ1) is 6.97. The Hall–Kier alpha value is -1.44. The molecule has 1 heterocycles. The number of carbonyl (C=O) groups excluding carboxylic acids is 1. The average Bonchev–Trinajstić information content (AvgIpc) is 2.42. The van der Waals surface area contributed by atoms with Crippen molar-refractivity contribution in [2.24, 2.45) is 5.14 Å². The van der Waals surface area contributed by atoms with Gasteiger partial charge in [-0.25, -0.2) is 9.93 Å². The molecule has 1 aliphatic heterocycles. The maximum Gasteiger partial charge on any atom is 0.340 e. The van der Waals surface area contributed by atoms with E-state index in [9.17, 15) is 13.2 Å². The Labute approximate surface area is 86.2 Å². The van der Waals surface area contributed by atoms with Gasteiger partial charge in [-0.05, 0) is 6.07 Å². The Bertz CT molecular complexity index is 511. The lowest BCUT2D eigenvalue weighted by Crippen LogP contribution is -2.34. The SMILES string of the molecule is NS(=O)(=O)N[C@@H]1OC(=O)c2ccccc21. The van der Waals surface area contributed by atoms with Gasteiger partial charge in [0.1, 0.15) is 0 Å². The van der Waals surface area contributed by atoms with E-state index < -0.39 is 22.4 Å². The van der Waals surface area contributed by atoms with Crippen LogP contribution in [0.25, 0.3) is 0 Å². The summed E-state index contributed by atoms with van der Waals surface area (Å²) in [7, 11) is -3.90. The monoisotopic (exact) mass is 228 g/mol. The lowest BCUT2D eigenvalue weighted by Gasteiger charge is -2.09. The summed E-state index contributed by atoms with van der Waals surface area (Å²) in [5.41, 5.74) is 0.815. The zero-order valence-corrected chi connectivity index (χ0v) is 8.32. The highest BCUT2D eigenvalue weighted by Crippen LogP contribution is 2.28. The van der Waals surface area contributed by atoms with Crippen LogP contribution in [0.2, 0.25) is 0 Å². The molecule has 1 aromatic rings. The molecule has 0 amide bonds. The van der Waals surface area contributed by atoms with Crippen molar-refractivity contribution in [3.63, 3.8) is 0 Å². The van der Waals surface area contributed by atoms with E-state index in [1.165, 1.54) is 0 Å². The maximum atomic E-state index is 11.3. The molecular weight excluding hydrogens is 220 g/mol. The van der Waals surface area contributed by atoms with Gasteiger partial charge in [0.15, 0.2) is 6.23 Å². The summed E-state index contributed by atoms with van der Waals surface area (Å²) >= 11 is 0. The minimum atomic E-state index is -3.90. The van der Waals surface area contributed by atoms with Crippen molar-refractivity contribution in [3.8, 4) is 0 Å². The summed E-state index contributed by atoms with van der Waals surface area (Å²) in [4.78, 5) is 11.3. The number of benzene rings is 1. The van der Waals surface area contributed by atoms with Crippen LogP contribution in [-0.4, -0.2) is 14.4 Å². The summed E-state index contributed by atoms with van der Waals surface area (Å²) < 4.78 is 28.4. The molecule has 0 radical (unpaired) electrons. The molecule has 0 unspecified atom stereocenters. The third-order valence-electron chi connectivity index (χ3n) is 1.96. The molecule has 1 aromatic carbocycles. The van der Waals surface area contributed by atoms with Crippen LogP contribution < -0.4 is 9.86 Å². The van der Waals surface area contributed by atoms with E-state index >= 15 is 0 Å². The smallest absolute Gasteiger partial charge is 0.340 e. The molecule has 1 aliphatic rings. The molecule has 7 heteroatoms. The fraction of sp³-hybridized carbons (Fsp3) is 0.125. The predicted molar refractivity (Wildman–Crippen MR) is 50.8 cm³/mol. The van der Waals surface area contributed by atoms with Gasteiger partial charge in [-0.2, -0.15) is 13.1 Å². The normalized spacial score (nSPS) is 19.8. The molecule has 80 valence electrons. The van der Waals surface area contributed by atoms with Crippen LogP contribution in [-0.2, 0) is 14.9 Å². The molecule has 0 saturated heterocycles. The van der Waals surface area contributed by atoms with Gasteiger partial charge < -0.3 is 4.74 Å². The van der Waals surface area contributed by atoms with Gasteiger partial charge in [0.25, 0.3) is 10.2 Å². The quantitative estimate of drug-likeness (QED) is 0.676. The lowest BCUT2D eigenvalue weighted by atomic mass is 10.1. The zero-order chi connectivity index (χ0) is 11.1. The first kappa shape index (κ1) is 10.1. The number of carbonyl (C=O) groups is 1. The Kier molecular flexibility index (Phi) is 2.22. The molecule has 0 aliphatic carbocycles. The van der Waals surface area contributed by atoms with Crippen LogP contribution in [0.15, 0.2) is 24.3 Å². The maximum absolute atomic E-state index is 11.3. The number of fused-ring (bicyclic) bond motifs is 1. The molecule has 15 heavy (non-hydrogen) atoms. The van der Waals surface area contributed by atoms with E-state index in [1.807, 2.05) is 4.72 Å². The summed E-state index contributed by atoms with van der Waals surface area (Å²) in [6.45, 7) is 0. The van der Waals surface area contributed by atoms with Crippen molar-refractivity contribution in [2.75, 3.05) is 0 Å². The molecule has 0 saturated carbocycles. The second-order valence-electron chi connectivity index (χ2n) is 3.04. The van der Waals surface area contributed by atoms with Crippen molar-refractivity contribution in [1.29, 1.82) is 0 Å². The molecule has 0 aromatic heterocycles. The Morgan fingerprint density at radius 1 is 1.33 bits per heavy atom. The summed E-state index contributed by atoms with van der Waals surface area (Å²) in [6, 6.07) is 6.50. The highest BCUT2D eigenvalue weighted by molar-refractivity contribution is 7.87. The second kappa shape index (κ2) is 3.30. The highest BCUT2D eigenvalue weighted by Gasteiger charge is 2.32. The minimum Gasteiger partial charge on any atom is -0.438 e. The number of cyclic esters (lactones) is 1. The van der Waals surface area contributed by atoms with E-state index in [2.05, 4.69) is 0 Å². The topological polar surface area (TPSA) is 98.5 Å². The van der Waals surface area contributed by atoms with Crippen molar-refractivity contribution in [2.45, 2.75) is 6.23 Å². The first-order valence-corrected chi connectivity index (χ1v) is 5.62. The number of nitrogens with two attached hydrogens (primary N) is 1. The third kappa shape index (κ3) is 1.99. The highest BCUT2D eigenvalue weighted by atomic mass is 32.2. The Morgan fingerprint density at radius 2 is 2.00 bits per heavy atom. The van der Waals surface area contributed by atoms with E-state index in [0.29, 0.717) is 11.1 Å². The van der Waals surface area contributed by atoms with E-state index in [4.69, 9.17) is 9.88 Å². The van der Waals surface area contributed by atoms with Crippen molar-refractivity contribution in [1.82, 2.24) is 4.72 Å². The Morgan fingerprint density at radius 3 is 2.67 bits per heavy atom. The van der Waals surface area contributed by atoms with Gasteiger partial charge in [0, 0.05) is 5.56 Å². The van der Waals surface area contributed by atoms with Crippen molar-refractivity contribution < 1.29 is 17.9 Å². The molecule has 6 nitrogen and oxygen atoms in total. The summed E-state index contributed by atoms with van der Waals surface area (Å²) in [5.74, 6) is -0.563. The largest absolute Gasteiger partial charge is 0.438 e. The van der Waals surface area contributed by atoms with Crippen molar-refractivity contribution in [3.05, 3.63) is 35.4 Å². The predicted octanol–water partition coefficient (Wildman–Crippen LogP) is -0.351. The van der Waals surface area contributed by atoms with Gasteiger partial charge in [-0.3, -0.25) is 0 Å². The molecule has 3 N–H and O–H groups in total. The molecule has 0 fully saturated rings. The van der Waals surface area contributed by atoms with Gasteiger partial charge >= 0.3 is 5.97 Å². The van der Waals surface area contributed by atoms with Gasteiger partial charge in [0.05, 0.1) is 5.56 Å². The molecule has 2 rings (SSSR count). The Balaban J connectivity index is 2.37. The average molecular weight is 228 g/mol. The fourth-order valence-corrected chi connectivity index (χ4v) is 1.86.